The van der Waals surface area contributed by atoms with Crippen LogP contribution in [0.1, 0.15) is 111 Å². The quantitative estimate of drug-likeness (QED) is 0.481. The third-order valence-corrected chi connectivity index (χ3v) is 11.6. The molecule has 0 bridgehead atoms. The van der Waals surface area contributed by atoms with Gasteiger partial charge in [0, 0.05) is 11.6 Å². The largest absolute Gasteiger partial charge is 0.450 e. The van der Waals surface area contributed by atoms with Gasteiger partial charge in [0.2, 0.25) is 0 Å². The molecule has 0 saturated heterocycles. The van der Waals surface area contributed by atoms with Crippen molar-refractivity contribution in [3.63, 3.8) is 0 Å². The van der Waals surface area contributed by atoms with E-state index in [2.05, 4.69) is 26.1 Å². The average Bonchev–Trinajstić information content (AvgIpc) is 3.05. The van der Waals surface area contributed by atoms with E-state index in [1.807, 2.05) is 0 Å². The van der Waals surface area contributed by atoms with E-state index < -0.39 is 0 Å². The number of nitrogens with two attached hydrogens (primary N) is 1. The number of hydrogen-bond donors (Lipinski definition) is 2. The molecule has 0 radical (unpaired) electrons. The lowest BCUT2D eigenvalue weighted by Crippen LogP contribution is -2.69. The number of hydrogen-bond acceptors (Lipinski definition) is 3. The van der Waals surface area contributed by atoms with Crippen molar-refractivity contribution in [3.8, 4) is 0 Å². The second kappa shape index (κ2) is 8.47. The van der Waals surface area contributed by atoms with Crippen LogP contribution in [0.15, 0.2) is 0 Å². The molecule has 1 amide bonds. The maximum absolute atomic E-state index is 12.0. The number of amides is 1. The predicted molar refractivity (Wildman–Crippen MR) is 129 cm³/mol. The number of ether oxygens (including phenoxy) is 1. The molecule has 5 saturated carbocycles. The van der Waals surface area contributed by atoms with E-state index in [9.17, 15) is 4.79 Å². The number of rotatable bonds is 5. The van der Waals surface area contributed by atoms with E-state index >= 15 is 0 Å². The first-order valence-electron chi connectivity index (χ1n) is 14.0. The van der Waals surface area contributed by atoms with Crippen LogP contribution >= 0.6 is 0 Å². The van der Waals surface area contributed by atoms with Gasteiger partial charge in [-0.1, -0.05) is 33.6 Å². The normalized spacial score (nSPS) is 48.2. The van der Waals surface area contributed by atoms with Crippen LogP contribution in [0.25, 0.3) is 0 Å². The molecule has 5 rings (SSSR count). The topological polar surface area (TPSA) is 64.3 Å². The van der Waals surface area contributed by atoms with Crippen molar-refractivity contribution in [1.29, 1.82) is 0 Å². The van der Waals surface area contributed by atoms with Gasteiger partial charge in [0.1, 0.15) is 0 Å². The second-order valence-corrected chi connectivity index (χ2v) is 13.1. The van der Waals surface area contributed by atoms with Gasteiger partial charge in [0.15, 0.2) is 0 Å². The number of carbonyl (C=O) groups excluding carboxylic acids is 1. The summed E-state index contributed by atoms with van der Waals surface area (Å²) in [6.07, 6.45) is 17.6. The minimum Gasteiger partial charge on any atom is -0.450 e. The maximum atomic E-state index is 12.0. The summed E-state index contributed by atoms with van der Waals surface area (Å²) in [5, 5.41) is 2.99. The Labute approximate surface area is 196 Å². The Morgan fingerprint density at radius 3 is 2.50 bits per heavy atom. The molecular weight excluding hydrogens is 396 g/mol. The molecule has 3 N–H and O–H groups in total. The van der Waals surface area contributed by atoms with Gasteiger partial charge in [-0.05, 0) is 117 Å². The molecule has 0 aromatic heterocycles. The van der Waals surface area contributed by atoms with Gasteiger partial charge in [0.05, 0.1) is 6.61 Å². The van der Waals surface area contributed by atoms with Crippen molar-refractivity contribution < 1.29 is 9.53 Å². The molecule has 0 heterocycles. The zero-order valence-electron chi connectivity index (χ0n) is 21.0. The number of fused-ring (bicyclic) bond motifs is 5. The van der Waals surface area contributed by atoms with E-state index in [0.29, 0.717) is 35.3 Å². The lowest BCUT2D eigenvalue weighted by molar-refractivity contribution is -0.145. The summed E-state index contributed by atoms with van der Waals surface area (Å²) in [6, 6.07) is 0.358. The van der Waals surface area contributed by atoms with E-state index in [4.69, 9.17) is 10.5 Å². The van der Waals surface area contributed by atoms with Gasteiger partial charge in [-0.25, -0.2) is 4.79 Å². The van der Waals surface area contributed by atoms with Crippen LogP contribution in [0, 0.1) is 40.4 Å². The molecule has 0 spiro atoms. The highest BCUT2D eigenvalue weighted by Crippen LogP contribution is 2.69. The van der Waals surface area contributed by atoms with Crippen LogP contribution in [0.2, 0.25) is 0 Å². The molecule has 0 aromatic carbocycles. The Bertz CT molecular complexity index is 708. The molecule has 5 aliphatic rings. The van der Waals surface area contributed by atoms with Gasteiger partial charge < -0.3 is 15.8 Å². The summed E-state index contributed by atoms with van der Waals surface area (Å²) in [4.78, 5) is 12.0. The van der Waals surface area contributed by atoms with Gasteiger partial charge in [-0.15, -0.1) is 0 Å². The van der Waals surface area contributed by atoms with Gasteiger partial charge in [0.25, 0.3) is 0 Å². The molecular formula is C28H48N2O2. The third-order valence-electron chi connectivity index (χ3n) is 11.6. The fraction of sp³-hybridized carbons (Fsp3) is 0.964. The second-order valence-electron chi connectivity index (χ2n) is 13.1. The smallest absolute Gasteiger partial charge is 0.407 e. The molecule has 5 fully saturated rings. The Morgan fingerprint density at radius 2 is 1.75 bits per heavy atom. The molecule has 0 aromatic rings. The zero-order chi connectivity index (χ0) is 22.6. The van der Waals surface area contributed by atoms with Crippen molar-refractivity contribution in [2.45, 2.75) is 122 Å². The van der Waals surface area contributed by atoms with Crippen molar-refractivity contribution >= 4 is 6.09 Å². The molecule has 4 nitrogen and oxygen atoms in total. The highest BCUT2D eigenvalue weighted by molar-refractivity contribution is 5.67. The van der Waals surface area contributed by atoms with Crippen LogP contribution in [0.3, 0.4) is 0 Å². The standard InChI is InChI=1S/C28H48N2O2/c1-19-18-28(29)23-13-12-20(8-7-17-32-25(31)30-21-9-6-10-21)26(23,2)16-14-24(28)27(3)15-5-4-11-22(19)27/h19-24H,4-18,29H2,1-3H3,(H,30,31)/t19-,20?,22?,23?,24+,26?,27?,28?/m0/s1. The summed E-state index contributed by atoms with van der Waals surface area (Å²) in [7, 11) is 0. The molecule has 182 valence electrons. The van der Waals surface area contributed by atoms with Gasteiger partial charge in [-0.2, -0.15) is 0 Å². The SMILES string of the molecule is C[C@H]1CC2(N)C3CCC(CCCOC(=O)NC4CCC4)C3(C)CC[C@@H]2C2(C)CCCCC12. The molecule has 32 heavy (non-hydrogen) atoms. The van der Waals surface area contributed by atoms with Crippen molar-refractivity contribution in [1.82, 2.24) is 5.32 Å². The van der Waals surface area contributed by atoms with Crippen LogP contribution < -0.4 is 11.1 Å². The molecule has 5 aliphatic carbocycles. The van der Waals surface area contributed by atoms with Crippen LogP contribution in [0.4, 0.5) is 4.79 Å². The molecule has 0 aliphatic heterocycles. The third kappa shape index (κ3) is 3.62. The van der Waals surface area contributed by atoms with E-state index in [-0.39, 0.29) is 11.6 Å². The highest BCUT2D eigenvalue weighted by atomic mass is 16.5. The lowest BCUT2D eigenvalue weighted by atomic mass is 9.40. The molecule has 6 unspecified atom stereocenters. The Hall–Kier alpha value is -0.770. The first-order valence-corrected chi connectivity index (χ1v) is 14.0. The molecule has 8 atom stereocenters. The van der Waals surface area contributed by atoms with Crippen LogP contribution in [0.5, 0.6) is 0 Å². The van der Waals surface area contributed by atoms with Crippen molar-refractivity contribution in [3.05, 3.63) is 0 Å². The first-order chi connectivity index (χ1) is 15.3. The van der Waals surface area contributed by atoms with Crippen LogP contribution in [-0.2, 0) is 4.74 Å². The number of alkyl carbamates (subject to hydrolysis) is 1. The Balaban J connectivity index is 1.21. The summed E-state index contributed by atoms with van der Waals surface area (Å²) < 4.78 is 5.49. The fourth-order valence-corrected chi connectivity index (χ4v) is 9.95. The van der Waals surface area contributed by atoms with Crippen molar-refractivity contribution in [2.24, 2.45) is 46.2 Å². The summed E-state index contributed by atoms with van der Waals surface area (Å²) in [5.41, 5.74) is 8.43. The van der Waals surface area contributed by atoms with E-state index in [1.54, 1.807) is 0 Å². The lowest BCUT2D eigenvalue weighted by Gasteiger charge is -2.66. The van der Waals surface area contributed by atoms with Crippen LogP contribution in [-0.4, -0.2) is 24.3 Å². The Morgan fingerprint density at radius 1 is 0.969 bits per heavy atom. The van der Waals surface area contributed by atoms with Gasteiger partial charge in [-0.3, -0.25) is 0 Å². The predicted octanol–water partition coefficient (Wildman–Crippen LogP) is 6.42. The summed E-state index contributed by atoms with van der Waals surface area (Å²) in [6.45, 7) is 8.27. The highest BCUT2D eigenvalue weighted by Gasteiger charge is 2.66. The maximum Gasteiger partial charge on any atom is 0.407 e. The van der Waals surface area contributed by atoms with Crippen molar-refractivity contribution in [2.75, 3.05) is 6.61 Å². The summed E-state index contributed by atoms with van der Waals surface area (Å²) in [5.74, 6) is 3.78. The van der Waals surface area contributed by atoms with E-state index in [1.165, 1.54) is 70.6 Å². The average molecular weight is 445 g/mol. The van der Waals surface area contributed by atoms with Gasteiger partial charge >= 0.3 is 6.09 Å². The minimum atomic E-state index is -0.210. The number of nitrogens with one attached hydrogen (secondary N) is 1. The zero-order valence-corrected chi connectivity index (χ0v) is 21.0. The first kappa shape index (κ1) is 23.0. The van der Waals surface area contributed by atoms with E-state index in [0.717, 1.165) is 37.0 Å². The fourth-order valence-electron chi connectivity index (χ4n) is 9.95. The number of carbonyl (C=O) groups is 1. The summed E-state index contributed by atoms with van der Waals surface area (Å²) >= 11 is 0. The molecule has 4 heteroatoms. The Kier molecular flexibility index (Phi) is 6.08. The minimum absolute atomic E-state index is 0.0307. The monoisotopic (exact) mass is 444 g/mol.